The summed E-state index contributed by atoms with van der Waals surface area (Å²) >= 11 is 0. The molecular weight excluding hydrogens is 158 g/mol. The van der Waals surface area contributed by atoms with Gasteiger partial charge in [-0.25, -0.2) is 0 Å². The Labute approximate surface area is 81.0 Å². The van der Waals surface area contributed by atoms with Gasteiger partial charge < -0.3 is 5.73 Å². The lowest BCUT2D eigenvalue weighted by atomic mass is 9.94. The molecule has 1 heteroatoms. The Morgan fingerprint density at radius 3 is 2.38 bits per heavy atom. The maximum Gasteiger partial charge on any atom is 0.0105 e. The average Bonchev–Trinajstić information content (AvgIpc) is 2.18. The molecule has 2 N–H and O–H groups in total. The molecule has 1 aromatic carbocycles. The van der Waals surface area contributed by atoms with Gasteiger partial charge in [0.1, 0.15) is 0 Å². The normalized spacial score (nSPS) is 15.3. The highest BCUT2D eigenvalue weighted by Crippen LogP contribution is 2.11. The zero-order valence-electron chi connectivity index (χ0n) is 8.53. The van der Waals surface area contributed by atoms with Crippen molar-refractivity contribution in [3.05, 3.63) is 35.9 Å². The first-order valence-corrected chi connectivity index (χ1v) is 5.03. The average molecular weight is 177 g/mol. The molecule has 0 aliphatic rings. The van der Waals surface area contributed by atoms with E-state index in [9.17, 15) is 0 Å². The molecule has 0 fully saturated rings. The first-order chi connectivity index (χ1) is 6.24. The predicted molar refractivity (Wildman–Crippen MR) is 57.6 cm³/mol. The minimum Gasteiger partial charge on any atom is -0.327 e. The highest BCUT2D eigenvalue weighted by molar-refractivity contribution is 5.15. The SMILES string of the molecule is CCC(C)C(N)Cc1ccccc1. The number of hydrogen-bond donors (Lipinski definition) is 1. The van der Waals surface area contributed by atoms with E-state index < -0.39 is 0 Å². The van der Waals surface area contributed by atoms with Crippen LogP contribution in [0.3, 0.4) is 0 Å². The van der Waals surface area contributed by atoms with Crippen LogP contribution in [-0.2, 0) is 6.42 Å². The highest BCUT2D eigenvalue weighted by atomic mass is 14.6. The monoisotopic (exact) mass is 177 g/mol. The molecule has 0 amide bonds. The van der Waals surface area contributed by atoms with Crippen LogP contribution in [0, 0.1) is 5.92 Å². The Morgan fingerprint density at radius 2 is 1.85 bits per heavy atom. The van der Waals surface area contributed by atoms with Gasteiger partial charge in [0.2, 0.25) is 0 Å². The van der Waals surface area contributed by atoms with E-state index >= 15 is 0 Å². The lowest BCUT2D eigenvalue weighted by molar-refractivity contribution is 0.440. The Hall–Kier alpha value is -0.820. The van der Waals surface area contributed by atoms with Gasteiger partial charge in [-0.2, -0.15) is 0 Å². The van der Waals surface area contributed by atoms with Gasteiger partial charge in [0.05, 0.1) is 0 Å². The van der Waals surface area contributed by atoms with Gasteiger partial charge >= 0.3 is 0 Å². The molecule has 2 unspecified atom stereocenters. The van der Waals surface area contributed by atoms with Crippen molar-refractivity contribution in [1.82, 2.24) is 0 Å². The van der Waals surface area contributed by atoms with Gasteiger partial charge in [-0.3, -0.25) is 0 Å². The van der Waals surface area contributed by atoms with Crippen molar-refractivity contribution >= 4 is 0 Å². The van der Waals surface area contributed by atoms with Gasteiger partial charge in [0.15, 0.2) is 0 Å². The molecule has 2 atom stereocenters. The van der Waals surface area contributed by atoms with Crippen LogP contribution in [0.2, 0.25) is 0 Å². The molecule has 13 heavy (non-hydrogen) atoms. The Bertz CT molecular complexity index is 230. The molecule has 1 rings (SSSR count). The molecule has 0 radical (unpaired) electrons. The number of hydrogen-bond acceptors (Lipinski definition) is 1. The molecule has 0 aliphatic carbocycles. The van der Waals surface area contributed by atoms with E-state index in [0.717, 1.165) is 12.8 Å². The van der Waals surface area contributed by atoms with Crippen molar-refractivity contribution in [2.24, 2.45) is 11.7 Å². The second-order valence-corrected chi connectivity index (χ2v) is 3.74. The van der Waals surface area contributed by atoms with Crippen LogP contribution >= 0.6 is 0 Å². The van der Waals surface area contributed by atoms with Crippen molar-refractivity contribution in [3.63, 3.8) is 0 Å². The second kappa shape index (κ2) is 5.03. The van der Waals surface area contributed by atoms with Crippen molar-refractivity contribution < 1.29 is 0 Å². The van der Waals surface area contributed by atoms with E-state index in [1.165, 1.54) is 5.56 Å². The van der Waals surface area contributed by atoms with E-state index in [-0.39, 0.29) is 0 Å². The molecule has 0 saturated carbocycles. The summed E-state index contributed by atoms with van der Waals surface area (Å²) in [6.45, 7) is 4.41. The van der Waals surface area contributed by atoms with Crippen LogP contribution in [0.1, 0.15) is 25.8 Å². The summed E-state index contributed by atoms with van der Waals surface area (Å²) in [5, 5.41) is 0. The smallest absolute Gasteiger partial charge is 0.0105 e. The van der Waals surface area contributed by atoms with Crippen LogP contribution in [-0.4, -0.2) is 6.04 Å². The van der Waals surface area contributed by atoms with E-state index in [1.807, 2.05) is 6.07 Å². The molecule has 0 aromatic heterocycles. The molecule has 1 nitrogen and oxygen atoms in total. The summed E-state index contributed by atoms with van der Waals surface area (Å²) in [5.41, 5.74) is 7.40. The zero-order chi connectivity index (χ0) is 9.68. The molecular formula is C12H19N. The fraction of sp³-hybridized carbons (Fsp3) is 0.500. The van der Waals surface area contributed by atoms with E-state index in [0.29, 0.717) is 12.0 Å². The van der Waals surface area contributed by atoms with Crippen LogP contribution < -0.4 is 5.73 Å². The molecule has 0 bridgehead atoms. The third-order valence-corrected chi connectivity index (χ3v) is 2.69. The topological polar surface area (TPSA) is 26.0 Å². The molecule has 0 spiro atoms. The van der Waals surface area contributed by atoms with Gasteiger partial charge in [0.25, 0.3) is 0 Å². The van der Waals surface area contributed by atoms with Crippen molar-refractivity contribution in [2.75, 3.05) is 0 Å². The van der Waals surface area contributed by atoms with Gasteiger partial charge in [-0.15, -0.1) is 0 Å². The predicted octanol–water partition coefficient (Wildman–Crippen LogP) is 2.60. The standard InChI is InChI=1S/C12H19N/c1-3-10(2)12(13)9-11-7-5-4-6-8-11/h4-8,10,12H,3,9,13H2,1-2H3. The van der Waals surface area contributed by atoms with E-state index in [1.54, 1.807) is 0 Å². The van der Waals surface area contributed by atoms with Crippen LogP contribution in [0.25, 0.3) is 0 Å². The quantitative estimate of drug-likeness (QED) is 0.751. The zero-order valence-corrected chi connectivity index (χ0v) is 8.53. The fourth-order valence-electron chi connectivity index (χ4n) is 1.39. The minimum absolute atomic E-state index is 0.299. The largest absolute Gasteiger partial charge is 0.327 e. The third-order valence-electron chi connectivity index (χ3n) is 2.69. The number of nitrogens with two attached hydrogens (primary N) is 1. The molecule has 72 valence electrons. The second-order valence-electron chi connectivity index (χ2n) is 3.74. The highest BCUT2D eigenvalue weighted by Gasteiger charge is 2.10. The fourth-order valence-corrected chi connectivity index (χ4v) is 1.39. The van der Waals surface area contributed by atoms with Gasteiger partial charge in [0, 0.05) is 6.04 Å². The Balaban J connectivity index is 2.50. The van der Waals surface area contributed by atoms with Crippen molar-refractivity contribution in [3.8, 4) is 0 Å². The lowest BCUT2D eigenvalue weighted by Crippen LogP contribution is -2.30. The third kappa shape index (κ3) is 3.19. The molecule has 0 aliphatic heterocycles. The van der Waals surface area contributed by atoms with Crippen LogP contribution in [0.5, 0.6) is 0 Å². The summed E-state index contributed by atoms with van der Waals surface area (Å²) in [6, 6.07) is 10.8. The Kier molecular flexibility index (Phi) is 3.97. The summed E-state index contributed by atoms with van der Waals surface area (Å²) in [7, 11) is 0. The van der Waals surface area contributed by atoms with Crippen molar-refractivity contribution in [1.29, 1.82) is 0 Å². The van der Waals surface area contributed by atoms with Crippen LogP contribution in [0.15, 0.2) is 30.3 Å². The molecule has 1 aromatic rings. The maximum absolute atomic E-state index is 6.06. The minimum atomic E-state index is 0.299. The maximum atomic E-state index is 6.06. The van der Waals surface area contributed by atoms with Gasteiger partial charge in [-0.1, -0.05) is 50.6 Å². The summed E-state index contributed by atoms with van der Waals surface area (Å²) < 4.78 is 0. The number of benzene rings is 1. The summed E-state index contributed by atoms with van der Waals surface area (Å²) in [6.07, 6.45) is 2.16. The first-order valence-electron chi connectivity index (χ1n) is 5.03. The lowest BCUT2D eigenvalue weighted by Gasteiger charge is -2.17. The molecule has 0 heterocycles. The summed E-state index contributed by atoms with van der Waals surface area (Å²) in [5.74, 6) is 0.611. The first kappa shape index (κ1) is 10.3. The van der Waals surface area contributed by atoms with Crippen LogP contribution in [0.4, 0.5) is 0 Å². The number of rotatable bonds is 4. The molecule has 0 saturated heterocycles. The van der Waals surface area contributed by atoms with Crippen molar-refractivity contribution in [2.45, 2.75) is 32.7 Å². The van der Waals surface area contributed by atoms with Gasteiger partial charge in [-0.05, 0) is 17.9 Å². The van der Waals surface area contributed by atoms with E-state index in [2.05, 4.69) is 38.1 Å². The van der Waals surface area contributed by atoms with E-state index in [4.69, 9.17) is 5.73 Å². The summed E-state index contributed by atoms with van der Waals surface area (Å²) in [4.78, 5) is 0. The Morgan fingerprint density at radius 1 is 1.23 bits per heavy atom.